The van der Waals surface area contributed by atoms with E-state index in [0.717, 1.165) is 11.0 Å². The largest absolute Gasteiger partial charge is 0.253 e. The van der Waals surface area contributed by atoms with E-state index in [2.05, 4.69) is 9.97 Å². The van der Waals surface area contributed by atoms with Crippen LogP contribution in [0.3, 0.4) is 0 Å². The van der Waals surface area contributed by atoms with Gasteiger partial charge in [0.15, 0.2) is 0 Å². The summed E-state index contributed by atoms with van der Waals surface area (Å²) in [6.45, 7) is 10.0. The number of hydrogen-bond acceptors (Lipinski definition) is 2. The fraction of sp³-hybridized carbons (Fsp3) is 0.385. The van der Waals surface area contributed by atoms with Gasteiger partial charge in [-0.25, -0.2) is 0 Å². The maximum Gasteiger partial charge on any atom is 0.0889 e. The van der Waals surface area contributed by atoms with Crippen LogP contribution in [-0.2, 0) is 0 Å². The molecule has 0 fully saturated rings. The molecule has 1 aromatic heterocycles. The van der Waals surface area contributed by atoms with E-state index in [1.807, 2.05) is 52.8 Å². The highest BCUT2D eigenvalue weighted by atomic mass is 14.8. The van der Waals surface area contributed by atoms with Crippen LogP contribution in [-0.4, -0.2) is 9.97 Å². The van der Waals surface area contributed by atoms with Crippen molar-refractivity contribution in [3.05, 3.63) is 36.2 Å². The van der Waals surface area contributed by atoms with Crippen molar-refractivity contribution in [3.8, 4) is 0 Å². The third kappa shape index (κ3) is 4.07. The number of aryl methyl sites for hydroxylation is 1. The van der Waals surface area contributed by atoms with Gasteiger partial charge in [-0.15, -0.1) is 0 Å². The van der Waals surface area contributed by atoms with E-state index in [4.69, 9.17) is 0 Å². The first kappa shape index (κ1) is 13.6. The second-order valence-corrected chi connectivity index (χ2v) is 2.55. The van der Waals surface area contributed by atoms with Gasteiger partial charge in [0.1, 0.15) is 0 Å². The molecule has 0 aliphatic rings. The Hall–Kier alpha value is -1.44. The van der Waals surface area contributed by atoms with E-state index in [-0.39, 0.29) is 0 Å². The highest BCUT2D eigenvalue weighted by molar-refractivity contribution is 5.74. The fourth-order valence-electron chi connectivity index (χ4n) is 1.07. The van der Waals surface area contributed by atoms with Gasteiger partial charge < -0.3 is 0 Å². The van der Waals surface area contributed by atoms with Gasteiger partial charge in [-0.05, 0) is 24.6 Å². The minimum atomic E-state index is 0.957. The molecule has 0 unspecified atom stereocenters. The fourth-order valence-corrected chi connectivity index (χ4v) is 1.07. The van der Waals surface area contributed by atoms with Crippen LogP contribution in [0.5, 0.6) is 0 Å². The minimum absolute atomic E-state index is 0.957. The third-order valence-electron chi connectivity index (χ3n) is 1.62. The smallest absolute Gasteiger partial charge is 0.0889 e. The molecule has 2 aromatic rings. The molecular formula is C13H20N2. The molecule has 0 radical (unpaired) electrons. The molecule has 0 atom stereocenters. The van der Waals surface area contributed by atoms with E-state index in [9.17, 15) is 0 Å². The predicted molar refractivity (Wildman–Crippen MR) is 67.0 cm³/mol. The van der Waals surface area contributed by atoms with Crippen molar-refractivity contribution in [1.29, 1.82) is 0 Å². The Bertz CT molecular complexity index is 383. The van der Waals surface area contributed by atoms with Crippen molar-refractivity contribution in [2.24, 2.45) is 0 Å². The van der Waals surface area contributed by atoms with Crippen LogP contribution in [0, 0.1) is 6.92 Å². The van der Waals surface area contributed by atoms with Gasteiger partial charge in [0.25, 0.3) is 0 Å². The lowest BCUT2D eigenvalue weighted by atomic mass is 10.2. The van der Waals surface area contributed by atoms with Gasteiger partial charge in [0.2, 0.25) is 0 Å². The molecule has 2 nitrogen and oxygen atoms in total. The summed E-state index contributed by atoms with van der Waals surface area (Å²) in [5.41, 5.74) is 3.14. The summed E-state index contributed by atoms with van der Waals surface area (Å²) in [6.07, 6.45) is 3.42. The highest BCUT2D eigenvalue weighted by Crippen LogP contribution is 2.08. The Balaban J connectivity index is 0.000000442. The zero-order valence-electron chi connectivity index (χ0n) is 10.3. The molecule has 2 heteroatoms. The van der Waals surface area contributed by atoms with E-state index >= 15 is 0 Å². The molecule has 15 heavy (non-hydrogen) atoms. The van der Waals surface area contributed by atoms with E-state index < -0.39 is 0 Å². The number of nitrogens with zero attached hydrogens (tertiary/aromatic N) is 2. The van der Waals surface area contributed by atoms with Crippen molar-refractivity contribution >= 4 is 11.0 Å². The molecule has 0 saturated heterocycles. The van der Waals surface area contributed by atoms with Gasteiger partial charge in [-0.3, -0.25) is 9.97 Å². The molecule has 0 spiro atoms. The van der Waals surface area contributed by atoms with Crippen LogP contribution in [0.2, 0.25) is 0 Å². The van der Waals surface area contributed by atoms with Gasteiger partial charge in [0.05, 0.1) is 11.0 Å². The molecule has 0 bridgehead atoms. The maximum absolute atomic E-state index is 4.18. The number of aromatic nitrogens is 2. The molecule has 1 aromatic carbocycles. The topological polar surface area (TPSA) is 25.8 Å². The molecule has 2 rings (SSSR count). The van der Waals surface area contributed by atoms with E-state index in [0.29, 0.717) is 0 Å². The third-order valence-corrected chi connectivity index (χ3v) is 1.62. The monoisotopic (exact) mass is 204 g/mol. The van der Waals surface area contributed by atoms with E-state index in [1.54, 1.807) is 12.4 Å². The average molecular weight is 204 g/mol. The van der Waals surface area contributed by atoms with Crippen LogP contribution in [0.15, 0.2) is 30.6 Å². The Morgan fingerprint density at radius 1 is 0.800 bits per heavy atom. The van der Waals surface area contributed by atoms with Crippen molar-refractivity contribution in [2.45, 2.75) is 34.6 Å². The van der Waals surface area contributed by atoms with Crippen molar-refractivity contribution in [1.82, 2.24) is 9.97 Å². The van der Waals surface area contributed by atoms with Gasteiger partial charge >= 0.3 is 0 Å². The van der Waals surface area contributed by atoms with Crippen LogP contribution < -0.4 is 0 Å². The Kier molecular flexibility index (Phi) is 7.16. The zero-order valence-corrected chi connectivity index (χ0v) is 10.3. The first-order valence-corrected chi connectivity index (χ1v) is 5.53. The zero-order chi connectivity index (χ0) is 11.7. The molecule has 1 heterocycles. The standard InChI is InChI=1S/C9H8N2.2C2H6/c1-7-2-3-8-9(6-7)11-5-4-10-8;2*1-2/h2-6H,1H3;2*1-2H3. The summed E-state index contributed by atoms with van der Waals surface area (Å²) in [5.74, 6) is 0. The Labute approximate surface area is 92.4 Å². The average Bonchev–Trinajstić information content (AvgIpc) is 2.34. The maximum atomic E-state index is 4.18. The van der Waals surface area contributed by atoms with Crippen LogP contribution in [0.4, 0.5) is 0 Å². The second kappa shape index (κ2) is 7.92. The quantitative estimate of drug-likeness (QED) is 0.648. The summed E-state index contributed by atoms with van der Waals surface area (Å²) in [5, 5.41) is 0. The summed E-state index contributed by atoms with van der Waals surface area (Å²) in [4.78, 5) is 8.34. The summed E-state index contributed by atoms with van der Waals surface area (Å²) in [6, 6.07) is 6.05. The van der Waals surface area contributed by atoms with Crippen LogP contribution in [0.25, 0.3) is 11.0 Å². The van der Waals surface area contributed by atoms with Crippen molar-refractivity contribution < 1.29 is 0 Å². The Morgan fingerprint density at radius 3 is 1.93 bits per heavy atom. The predicted octanol–water partition coefficient (Wildman–Crippen LogP) is 3.99. The molecule has 0 aliphatic carbocycles. The normalized spacial score (nSPS) is 8.33. The van der Waals surface area contributed by atoms with Gasteiger partial charge in [-0.2, -0.15) is 0 Å². The summed E-state index contributed by atoms with van der Waals surface area (Å²) >= 11 is 0. The van der Waals surface area contributed by atoms with Gasteiger partial charge in [0, 0.05) is 12.4 Å². The van der Waals surface area contributed by atoms with Gasteiger partial charge in [-0.1, -0.05) is 33.8 Å². The first-order valence-electron chi connectivity index (χ1n) is 5.53. The second-order valence-electron chi connectivity index (χ2n) is 2.55. The summed E-state index contributed by atoms with van der Waals surface area (Å²) < 4.78 is 0. The van der Waals surface area contributed by atoms with Crippen LogP contribution >= 0.6 is 0 Å². The lowest BCUT2D eigenvalue weighted by Crippen LogP contribution is -1.81. The molecule has 0 amide bonds. The summed E-state index contributed by atoms with van der Waals surface area (Å²) in [7, 11) is 0. The number of benzene rings is 1. The minimum Gasteiger partial charge on any atom is -0.253 e. The number of hydrogen-bond donors (Lipinski definition) is 0. The lowest BCUT2D eigenvalue weighted by Gasteiger charge is -1.95. The first-order chi connectivity index (χ1) is 7.36. The highest BCUT2D eigenvalue weighted by Gasteiger charge is 1.92. The van der Waals surface area contributed by atoms with E-state index in [1.165, 1.54) is 5.56 Å². The van der Waals surface area contributed by atoms with Crippen molar-refractivity contribution in [3.63, 3.8) is 0 Å². The molecular weight excluding hydrogens is 184 g/mol. The lowest BCUT2D eigenvalue weighted by molar-refractivity contribution is 1.28. The molecule has 0 N–H and O–H groups in total. The Morgan fingerprint density at radius 2 is 1.33 bits per heavy atom. The molecule has 82 valence electrons. The van der Waals surface area contributed by atoms with Crippen molar-refractivity contribution in [2.75, 3.05) is 0 Å². The van der Waals surface area contributed by atoms with Crippen LogP contribution in [0.1, 0.15) is 33.3 Å². The SMILES string of the molecule is CC.CC.Cc1ccc2nccnc2c1. The molecule has 0 aliphatic heterocycles. The number of fused-ring (bicyclic) bond motifs is 1. The molecule has 0 saturated carbocycles. The number of rotatable bonds is 0.